The molecule has 0 saturated heterocycles. The molecule has 0 fully saturated rings. The second-order valence-electron chi connectivity index (χ2n) is 6.03. The van der Waals surface area contributed by atoms with Crippen LogP contribution in [0.2, 0.25) is 10.0 Å². The third-order valence-electron chi connectivity index (χ3n) is 4.23. The van der Waals surface area contributed by atoms with Crippen LogP contribution in [0.15, 0.2) is 42.1 Å². The van der Waals surface area contributed by atoms with E-state index in [0.29, 0.717) is 9.92 Å². The minimum Gasteiger partial charge on any atom is -0.395 e. The van der Waals surface area contributed by atoms with Crippen molar-refractivity contribution in [1.82, 2.24) is 4.90 Å². The first-order valence-electron chi connectivity index (χ1n) is 8.11. The number of hydrogen-bond donors (Lipinski definition) is 1. The van der Waals surface area contributed by atoms with E-state index in [1.165, 1.54) is 30.1 Å². The Hall–Kier alpha value is -2.48. The molecule has 0 aromatic heterocycles. The fourth-order valence-electron chi connectivity index (χ4n) is 2.95. The third kappa shape index (κ3) is 3.48. The molecule has 1 N–H and O–H groups in total. The molecular formula is C19H14Cl2F2N2O3. The average Bonchev–Trinajstić information content (AvgIpc) is 2.88. The molecule has 0 radical (unpaired) electrons. The molecule has 3 rings (SSSR count). The number of carbonyl (C=O) groups excluding carboxylic acids is 2. The molecule has 0 unspecified atom stereocenters. The maximum Gasteiger partial charge on any atom is 0.282 e. The fraction of sp³-hybridized carbons (Fsp3) is 0.158. The van der Waals surface area contributed by atoms with Gasteiger partial charge in [0.15, 0.2) is 0 Å². The van der Waals surface area contributed by atoms with Gasteiger partial charge in [-0.2, -0.15) is 0 Å². The molecule has 2 aromatic rings. The summed E-state index contributed by atoms with van der Waals surface area (Å²) in [6.07, 6.45) is 0. The predicted molar refractivity (Wildman–Crippen MR) is 102 cm³/mol. The Balaban J connectivity index is 2.21. The average molecular weight is 427 g/mol. The van der Waals surface area contributed by atoms with Crippen LogP contribution in [0.5, 0.6) is 0 Å². The minimum absolute atomic E-state index is 0.0303. The summed E-state index contributed by atoms with van der Waals surface area (Å²) in [4.78, 5) is 28.1. The smallest absolute Gasteiger partial charge is 0.282 e. The second-order valence-corrected chi connectivity index (χ2v) is 6.88. The first-order valence-corrected chi connectivity index (χ1v) is 8.87. The molecule has 0 spiro atoms. The van der Waals surface area contributed by atoms with Gasteiger partial charge in [0.2, 0.25) is 0 Å². The highest BCUT2D eigenvalue weighted by Crippen LogP contribution is 2.38. The van der Waals surface area contributed by atoms with Gasteiger partial charge in [0.1, 0.15) is 17.3 Å². The van der Waals surface area contributed by atoms with Crippen molar-refractivity contribution in [3.8, 4) is 0 Å². The standard InChI is InChI=1S/C19H14Cl2F2N2O3/c1-24(6-7-26)17-16(12-4-2-10(20)8-13(12)21)18(27)25(19(17)28)15-9-11(22)3-5-14(15)23/h2-5,8-9,26H,6-7H2,1H3. The van der Waals surface area contributed by atoms with Crippen molar-refractivity contribution in [2.75, 3.05) is 25.1 Å². The van der Waals surface area contributed by atoms with Gasteiger partial charge in [-0.1, -0.05) is 29.3 Å². The highest BCUT2D eigenvalue weighted by atomic mass is 35.5. The minimum atomic E-state index is -0.935. The first-order chi connectivity index (χ1) is 13.3. The lowest BCUT2D eigenvalue weighted by molar-refractivity contribution is -0.120. The lowest BCUT2D eigenvalue weighted by Gasteiger charge is -2.20. The Morgan fingerprint density at radius 2 is 1.79 bits per heavy atom. The van der Waals surface area contributed by atoms with Gasteiger partial charge < -0.3 is 10.0 Å². The normalized spacial score (nSPS) is 14.3. The quantitative estimate of drug-likeness (QED) is 0.743. The summed E-state index contributed by atoms with van der Waals surface area (Å²) >= 11 is 12.1. The van der Waals surface area contributed by atoms with E-state index >= 15 is 0 Å². The largest absolute Gasteiger partial charge is 0.395 e. The van der Waals surface area contributed by atoms with Gasteiger partial charge in [0, 0.05) is 30.2 Å². The van der Waals surface area contributed by atoms with E-state index in [2.05, 4.69) is 0 Å². The molecule has 5 nitrogen and oxygen atoms in total. The molecule has 0 saturated carbocycles. The summed E-state index contributed by atoms with van der Waals surface area (Å²) in [6.45, 7) is -0.264. The van der Waals surface area contributed by atoms with Crippen molar-refractivity contribution >= 4 is 46.3 Å². The molecule has 0 aliphatic carbocycles. The molecule has 0 atom stereocenters. The van der Waals surface area contributed by atoms with Gasteiger partial charge in [-0.25, -0.2) is 13.7 Å². The number of aliphatic hydroxyl groups excluding tert-OH is 1. The number of aliphatic hydroxyl groups is 1. The maximum atomic E-state index is 14.3. The van der Waals surface area contributed by atoms with E-state index in [0.717, 1.165) is 18.2 Å². The predicted octanol–water partition coefficient (Wildman–Crippen LogP) is 3.48. The monoisotopic (exact) mass is 426 g/mol. The van der Waals surface area contributed by atoms with Gasteiger partial charge >= 0.3 is 0 Å². The van der Waals surface area contributed by atoms with Crippen molar-refractivity contribution in [3.63, 3.8) is 0 Å². The lowest BCUT2D eigenvalue weighted by atomic mass is 10.0. The van der Waals surface area contributed by atoms with E-state index in [1.54, 1.807) is 0 Å². The van der Waals surface area contributed by atoms with Crippen molar-refractivity contribution in [3.05, 3.63) is 69.3 Å². The number of nitrogens with zero attached hydrogens (tertiary/aromatic N) is 2. The number of anilines is 1. The molecule has 28 heavy (non-hydrogen) atoms. The zero-order chi connectivity index (χ0) is 20.6. The highest BCUT2D eigenvalue weighted by molar-refractivity contribution is 6.47. The number of rotatable bonds is 5. The maximum absolute atomic E-state index is 14.3. The van der Waals surface area contributed by atoms with Gasteiger partial charge in [0.25, 0.3) is 11.8 Å². The van der Waals surface area contributed by atoms with Gasteiger partial charge in [-0.05, 0) is 24.3 Å². The Labute approximate surface area is 169 Å². The van der Waals surface area contributed by atoms with Gasteiger partial charge in [-0.15, -0.1) is 0 Å². The number of amides is 2. The van der Waals surface area contributed by atoms with Crippen LogP contribution in [0.25, 0.3) is 5.57 Å². The van der Waals surface area contributed by atoms with Crippen LogP contribution in [-0.2, 0) is 9.59 Å². The number of carbonyl (C=O) groups is 2. The highest BCUT2D eigenvalue weighted by Gasteiger charge is 2.43. The van der Waals surface area contributed by atoms with Crippen molar-refractivity contribution in [1.29, 1.82) is 0 Å². The third-order valence-corrected chi connectivity index (χ3v) is 4.77. The number of imide groups is 1. The van der Waals surface area contributed by atoms with Crippen LogP contribution in [-0.4, -0.2) is 42.0 Å². The van der Waals surface area contributed by atoms with E-state index < -0.39 is 29.1 Å². The fourth-order valence-corrected chi connectivity index (χ4v) is 3.45. The Morgan fingerprint density at radius 3 is 2.43 bits per heavy atom. The van der Waals surface area contributed by atoms with Crippen LogP contribution in [0, 0.1) is 11.6 Å². The molecule has 146 valence electrons. The van der Waals surface area contributed by atoms with E-state index in [-0.39, 0.29) is 35.0 Å². The Kier molecular flexibility index (Phi) is 5.69. The van der Waals surface area contributed by atoms with E-state index in [9.17, 15) is 23.5 Å². The lowest BCUT2D eigenvalue weighted by Crippen LogP contribution is -2.35. The summed E-state index contributed by atoms with van der Waals surface area (Å²) in [6, 6.07) is 6.83. The Morgan fingerprint density at radius 1 is 1.07 bits per heavy atom. The van der Waals surface area contributed by atoms with Crippen LogP contribution >= 0.6 is 23.2 Å². The second kappa shape index (κ2) is 7.87. The zero-order valence-corrected chi connectivity index (χ0v) is 16.1. The van der Waals surface area contributed by atoms with Gasteiger partial charge in [0.05, 0.1) is 22.9 Å². The number of hydrogen-bond acceptors (Lipinski definition) is 4. The number of benzene rings is 2. The van der Waals surface area contributed by atoms with Crippen LogP contribution in [0.4, 0.5) is 14.5 Å². The molecule has 2 aromatic carbocycles. The summed E-state index contributed by atoms with van der Waals surface area (Å²) < 4.78 is 27.9. The summed E-state index contributed by atoms with van der Waals surface area (Å²) in [7, 11) is 1.49. The van der Waals surface area contributed by atoms with Crippen LogP contribution in [0.1, 0.15) is 5.56 Å². The molecule has 2 amide bonds. The van der Waals surface area contributed by atoms with Crippen molar-refractivity contribution in [2.24, 2.45) is 0 Å². The summed E-state index contributed by atoms with van der Waals surface area (Å²) in [5, 5.41) is 9.67. The molecule has 1 aliphatic rings. The number of likely N-dealkylation sites (N-methyl/N-ethyl adjacent to an activating group) is 1. The van der Waals surface area contributed by atoms with E-state index in [4.69, 9.17) is 23.2 Å². The summed E-state index contributed by atoms with van der Waals surface area (Å²) in [5.41, 5.74) is -0.480. The van der Waals surface area contributed by atoms with Crippen molar-refractivity contribution in [2.45, 2.75) is 0 Å². The molecule has 1 aliphatic heterocycles. The van der Waals surface area contributed by atoms with Crippen LogP contribution in [0.3, 0.4) is 0 Å². The molecule has 0 bridgehead atoms. The SMILES string of the molecule is CN(CCO)C1=C(c2ccc(Cl)cc2Cl)C(=O)N(c2cc(F)ccc2F)C1=O. The molecular weight excluding hydrogens is 413 g/mol. The topological polar surface area (TPSA) is 60.9 Å². The molecule has 1 heterocycles. The Bertz CT molecular complexity index is 1010. The molecule has 9 heteroatoms. The first kappa shape index (κ1) is 20.3. The van der Waals surface area contributed by atoms with Gasteiger partial charge in [-0.3, -0.25) is 9.59 Å². The van der Waals surface area contributed by atoms with E-state index in [1.807, 2.05) is 0 Å². The van der Waals surface area contributed by atoms with Crippen molar-refractivity contribution < 1.29 is 23.5 Å². The number of halogens is 4. The summed E-state index contributed by atoms with van der Waals surface area (Å²) in [5.74, 6) is -3.46. The van der Waals surface area contributed by atoms with Crippen LogP contribution < -0.4 is 4.90 Å². The zero-order valence-electron chi connectivity index (χ0n) is 14.5.